The zero-order valence-corrected chi connectivity index (χ0v) is 11.1. The van der Waals surface area contributed by atoms with Crippen LogP contribution in [0.25, 0.3) is 0 Å². The summed E-state index contributed by atoms with van der Waals surface area (Å²) in [6.45, 7) is 1.76. The van der Waals surface area contributed by atoms with Gasteiger partial charge in [-0.3, -0.25) is 4.90 Å². The van der Waals surface area contributed by atoms with E-state index in [4.69, 9.17) is 5.73 Å². The minimum Gasteiger partial charge on any atom is -0.329 e. The molecule has 1 rings (SSSR count). The first-order chi connectivity index (χ1) is 7.27. The number of rotatable bonds is 7. The molecule has 86 valence electrons. The predicted molar refractivity (Wildman–Crippen MR) is 71.6 cm³/mol. The Morgan fingerprint density at radius 2 is 2.40 bits per heavy atom. The maximum atomic E-state index is 5.80. The molecule has 1 heterocycles. The summed E-state index contributed by atoms with van der Waals surface area (Å²) in [5.74, 6) is 1.19. The number of nitrogens with zero attached hydrogens (tertiary/aromatic N) is 1. The van der Waals surface area contributed by atoms with Crippen LogP contribution in [0.1, 0.15) is 12.0 Å². The molecule has 1 aromatic rings. The fourth-order valence-corrected chi connectivity index (χ4v) is 2.74. The third-order valence-electron chi connectivity index (χ3n) is 2.56. The second kappa shape index (κ2) is 7.28. The third-order valence-corrected chi connectivity index (χ3v) is 3.94. The quantitative estimate of drug-likeness (QED) is 0.798. The van der Waals surface area contributed by atoms with Crippen LogP contribution in [0.15, 0.2) is 16.8 Å². The van der Waals surface area contributed by atoms with Gasteiger partial charge >= 0.3 is 0 Å². The summed E-state index contributed by atoms with van der Waals surface area (Å²) in [6.07, 6.45) is 3.32. The number of nitrogens with two attached hydrogens (primary N) is 1. The number of hydrogen-bond acceptors (Lipinski definition) is 4. The van der Waals surface area contributed by atoms with Crippen molar-refractivity contribution in [3.8, 4) is 0 Å². The average Bonchev–Trinajstić information content (AvgIpc) is 2.71. The SMILES string of the molecule is CSCCC(CN)N(C)Cc1ccsc1. The molecule has 0 radical (unpaired) electrons. The minimum absolute atomic E-state index is 0.511. The van der Waals surface area contributed by atoms with Gasteiger partial charge in [0.25, 0.3) is 0 Å². The van der Waals surface area contributed by atoms with E-state index in [-0.39, 0.29) is 0 Å². The Kier molecular flexibility index (Phi) is 6.32. The van der Waals surface area contributed by atoms with Gasteiger partial charge in [0.2, 0.25) is 0 Å². The minimum atomic E-state index is 0.511. The van der Waals surface area contributed by atoms with Crippen LogP contribution in [0.4, 0.5) is 0 Å². The molecular formula is C11H20N2S2. The van der Waals surface area contributed by atoms with Crippen molar-refractivity contribution in [3.05, 3.63) is 22.4 Å². The van der Waals surface area contributed by atoms with E-state index >= 15 is 0 Å². The van der Waals surface area contributed by atoms with Crippen molar-refractivity contribution in [2.45, 2.75) is 19.0 Å². The van der Waals surface area contributed by atoms with Gasteiger partial charge in [-0.1, -0.05) is 0 Å². The van der Waals surface area contributed by atoms with Gasteiger partial charge < -0.3 is 5.73 Å². The lowest BCUT2D eigenvalue weighted by Crippen LogP contribution is -2.37. The molecule has 15 heavy (non-hydrogen) atoms. The summed E-state index contributed by atoms with van der Waals surface area (Å²) >= 11 is 3.65. The van der Waals surface area contributed by atoms with Crippen LogP contribution in [-0.4, -0.2) is 36.5 Å². The van der Waals surface area contributed by atoms with E-state index in [1.807, 2.05) is 11.8 Å². The van der Waals surface area contributed by atoms with Gasteiger partial charge in [-0.15, -0.1) is 0 Å². The molecule has 0 saturated carbocycles. The van der Waals surface area contributed by atoms with Crippen molar-refractivity contribution in [2.75, 3.05) is 25.6 Å². The molecular weight excluding hydrogens is 224 g/mol. The molecule has 2 N–H and O–H groups in total. The lowest BCUT2D eigenvalue weighted by atomic mass is 10.2. The second-order valence-electron chi connectivity index (χ2n) is 3.72. The number of likely N-dealkylation sites (N-methyl/N-ethyl adjacent to an activating group) is 1. The summed E-state index contributed by atoms with van der Waals surface area (Å²) in [6, 6.07) is 2.70. The van der Waals surface area contributed by atoms with Crippen molar-refractivity contribution in [1.82, 2.24) is 4.90 Å². The Morgan fingerprint density at radius 1 is 1.60 bits per heavy atom. The maximum Gasteiger partial charge on any atom is 0.0242 e. The summed E-state index contributed by atoms with van der Waals surface area (Å²) < 4.78 is 0. The standard InChI is InChI=1S/C11H20N2S2/c1-13(8-10-3-6-15-9-10)11(7-12)4-5-14-2/h3,6,9,11H,4-5,7-8,12H2,1-2H3. The molecule has 0 aliphatic rings. The third kappa shape index (κ3) is 4.55. The highest BCUT2D eigenvalue weighted by Crippen LogP contribution is 2.12. The Balaban J connectivity index is 2.39. The first-order valence-corrected chi connectivity index (χ1v) is 7.52. The summed E-state index contributed by atoms with van der Waals surface area (Å²) in [5.41, 5.74) is 7.19. The molecule has 0 aromatic carbocycles. The van der Waals surface area contributed by atoms with Gasteiger partial charge in [0.1, 0.15) is 0 Å². The van der Waals surface area contributed by atoms with Crippen LogP contribution in [0, 0.1) is 0 Å². The monoisotopic (exact) mass is 244 g/mol. The van der Waals surface area contributed by atoms with Gasteiger partial charge in [-0.25, -0.2) is 0 Å². The molecule has 0 aliphatic heterocycles. The summed E-state index contributed by atoms with van der Waals surface area (Å²) in [7, 11) is 2.16. The molecule has 4 heteroatoms. The van der Waals surface area contributed by atoms with E-state index in [1.54, 1.807) is 11.3 Å². The highest BCUT2D eigenvalue weighted by molar-refractivity contribution is 7.98. The largest absolute Gasteiger partial charge is 0.329 e. The Morgan fingerprint density at radius 3 is 2.93 bits per heavy atom. The highest BCUT2D eigenvalue weighted by atomic mass is 32.2. The van der Waals surface area contributed by atoms with Gasteiger partial charge in [0.15, 0.2) is 0 Å². The van der Waals surface area contributed by atoms with Crippen molar-refractivity contribution in [3.63, 3.8) is 0 Å². The number of hydrogen-bond donors (Lipinski definition) is 1. The van der Waals surface area contributed by atoms with Crippen LogP contribution < -0.4 is 5.73 Å². The predicted octanol–water partition coefficient (Wildman–Crippen LogP) is 2.26. The van der Waals surface area contributed by atoms with Crippen LogP contribution in [0.2, 0.25) is 0 Å². The van der Waals surface area contributed by atoms with Crippen LogP contribution in [0.5, 0.6) is 0 Å². The smallest absolute Gasteiger partial charge is 0.0242 e. The second-order valence-corrected chi connectivity index (χ2v) is 5.48. The summed E-state index contributed by atoms with van der Waals surface area (Å²) in [5, 5.41) is 4.33. The first kappa shape index (κ1) is 13.0. The molecule has 1 unspecified atom stereocenters. The zero-order valence-electron chi connectivity index (χ0n) is 9.48. The van der Waals surface area contributed by atoms with E-state index in [2.05, 4.69) is 35.0 Å². The summed E-state index contributed by atoms with van der Waals surface area (Å²) in [4.78, 5) is 2.36. The Labute approximate surface area is 101 Å². The Hall–Kier alpha value is -0.0300. The average molecular weight is 244 g/mol. The van der Waals surface area contributed by atoms with Crippen LogP contribution >= 0.6 is 23.1 Å². The normalized spacial score (nSPS) is 13.3. The number of thiophene rings is 1. The van der Waals surface area contributed by atoms with E-state index in [0.717, 1.165) is 13.1 Å². The molecule has 1 aromatic heterocycles. The van der Waals surface area contributed by atoms with Crippen LogP contribution in [-0.2, 0) is 6.54 Å². The van der Waals surface area contributed by atoms with Crippen molar-refractivity contribution in [1.29, 1.82) is 0 Å². The van der Waals surface area contributed by atoms with E-state index < -0.39 is 0 Å². The van der Waals surface area contributed by atoms with E-state index in [9.17, 15) is 0 Å². The van der Waals surface area contributed by atoms with Crippen LogP contribution in [0.3, 0.4) is 0 Å². The molecule has 0 spiro atoms. The highest BCUT2D eigenvalue weighted by Gasteiger charge is 2.12. The van der Waals surface area contributed by atoms with E-state index in [0.29, 0.717) is 6.04 Å². The van der Waals surface area contributed by atoms with E-state index in [1.165, 1.54) is 17.7 Å². The fourth-order valence-electron chi connectivity index (χ4n) is 1.57. The van der Waals surface area contributed by atoms with Crippen molar-refractivity contribution >= 4 is 23.1 Å². The van der Waals surface area contributed by atoms with Gasteiger partial charge in [0, 0.05) is 19.1 Å². The molecule has 0 saturated heterocycles. The van der Waals surface area contributed by atoms with Crippen molar-refractivity contribution < 1.29 is 0 Å². The molecule has 0 amide bonds. The maximum absolute atomic E-state index is 5.80. The molecule has 2 nitrogen and oxygen atoms in total. The Bertz CT molecular complexity index is 249. The lowest BCUT2D eigenvalue weighted by molar-refractivity contribution is 0.234. The van der Waals surface area contributed by atoms with Gasteiger partial charge in [0.05, 0.1) is 0 Å². The van der Waals surface area contributed by atoms with Crippen molar-refractivity contribution in [2.24, 2.45) is 5.73 Å². The topological polar surface area (TPSA) is 29.3 Å². The lowest BCUT2D eigenvalue weighted by Gasteiger charge is -2.26. The van der Waals surface area contributed by atoms with Gasteiger partial charge in [-0.05, 0) is 47.9 Å². The molecule has 0 fully saturated rings. The first-order valence-electron chi connectivity index (χ1n) is 5.18. The molecule has 1 atom stereocenters. The fraction of sp³-hybridized carbons (Fsp3) is 0.636. The van der Waals surface area contributed by atoms with Gasteiger partial charge in [-0.2, -0.15) is 23.1 Å². The number of thioether (sulfide) groups is 1. The molecule has 0 aliphatic carbocycles. The zero-order chi connectivity index (χ0) is 11.1. The molecule has 0 bridgehead atoms.